The number of aliphatic hydroxyl groups is 5. The number of esters is 2. The number of carbonyl (C=O) groups excluding carboxylic acids is 2. The number of hydrogen-bond acceptors (Lipinski definition) is 12. The Kier molecular flexibility index (Phi) is 36.3. The van der Waals surface area contributed by atoms with Crippen molar-refractivity contribution in [1.82, 2.24) is 0 Å². The highest BCUT2D eigenvalue weighted by molar-refractivity contribution is 7.47. The number of aliphatic hydroxyl groups excluding tert-OH is 5. The molecule has 0 heterocycles. The zero-order valence-electron chi connectivity index (χ0n) is 38.7. The largest absolute Gasteiger partial charge is 0.472 e. The van der Waals surface area contributed by atoms with Crippen molar-refractivity contribution in [2.24, 2.45) is 0 Å². The smallest absolute Gasteiger partial charge is 0.462 e. The molecule has 1 aliphatic rings. The van der Waals surface area contributed by atoms with Gasteiger partial charge < -0.3 is 39.9 Å². The Morgan fingerprint density at radius 3 is 1.26 bits per heavy atom. The Balaban J connectivity index is 2.39. The lowest BCUT2D eigenvalue weighted by Gasteiger charge is -2.41. The van der Waals surface area contributed by atoms with Crippen LogP contribution in [0.1, 0.15) is 213 Å². The van der Waals surface area contributed by atoms with Crippen molar-refractivity contribution in [3.8, 4) is 0 Å². The van der Waals surface area contributed by atoms with Crippen molar-refractivity contribution in [3.63, 3.8) is 0 Å². The highest BCUT2D eigenvalue weighted by Crippen LogP contribution is 2.47. The van der Waals surface area contributed by atoms with Crippen molar-refractivity contribution < 1.29 is 63.1 Å². The molecular formula is C48H89O13P. The van der Waals surface area contributed by atoms with Gasteiger partial charge in [-0.2, -0.15) is 0 Å². The van der Waals surface area contributed by atoms with Gasteiger partial charge in [-0.05, 0) is 64.2 Å². The standard InChI is InChI=1S/C48H89O13P/c1-3-5-7-9-11-13-15-17-18-19-20-21-22-23-24-25-27-29-31-33-35-37-42(50)60-40(38-58-41(49)36-34-32-30-28-26-16-14-12-10-8-6-4-2)39-59-62(56,57)61-48-46(54)44(52)43(51)45(53)47(48)55/h12,14,17-18,40,43-48,51-55H,3-11,13,15-16,19-39H2,1-2H3,(H,56,57)/b14-12+,18-17+/t40-,43?,44+,45?,46?,47?,48?/m1/s1. The van der Waals surface area contributed by atoms with Gasteiger partial charge in [-0.3, -0.25) is 18.6 Å². The molecule has 0 aromatic rings. The molecule has 13 nitrogen and oxygen atoms in total. The minimum atomic E-state index is -5.12. The van der Waals surface area contributed by atoms with Crippen molar-refractivity contribution in [2.75, 3.05) is 13.2 Å². The fourth-order valence-corrected chi connectivity index (χ4v) is 8.49. The summed E-state index contributed by atoms with van der Waals surface area (Å²) in [5.41, 5.74) is 0. The van der Waals surface area contributed by atoms with Crippen molar-refractivity contribution in [2.45, 2.75) is 256 Å². The zero-order valence-corrected chi connectivity index (χ0v) is 39.6. The Morgan fingerprint density at radius 2 is 0.823 bits per heavy atom. The maximum absolute atomic E-state index is 12.8. The second-order valence-electron chi connectivity index (χ2n) is 17.3. The van der Waals surface area contributed by atoms with Gasteiger partial charge in [0.05, 0.1) is 6.61 Å². The second kappa shape index (κ2) is 38.6. The summed E-state index contributed by atoms with van der Waals surface area (Å²) in [6, 6.07) is 0. The molecule has 1 rings (SSSR count). The summed E-state index contributed by atoms with van der Waals surface area (Å²) in [4.78, 5) is 35.7. The Morgan fingerprint density at radius 1 is 0.484 bits per heavy atom. The van der Waals surface area contributed by atoms with Gasteiger partial charge in [0, 0.05) is 12.8 Å². The molecule has 0 radical (unpaired) electrons. The molecule has 1 saturated carbocycles. The molecule has 6 unspecified atom stereocenters. The number of allylic oxidation sites excluding steroid dienone is 4. The number of phosphoric ester groups is 1. The van der Waals surface area contributed by atoms with Crippen LogP contribution in [0.25, 0.3) is 0 Å². The van der Waals surface area contributed by atoms with Crippen LogP contribution in [0.3, 0.4) is 0 Å². The van der Waals surface area contributed by atoms with Gasteiger partial charge in [-0.15, -0.1) is 0 Å². The maximum atomic E-state index is 12.8. The summed E-state index contributed by atoms with van der Waals surface area (Å²) >= 11 is 0. The highest BCUT2D eigenvalue weighted by Gasteiger charge is 2.51. The van der Waals surface area contributed by atoms with E-state index in [2.05, 4.69) is 38.2 Å². The molecule has 1 aliphatic carbocycles. The van der Waals surface area contributed by atoms with Crippen molar-refractivity contribution in [3.05, 3.63) is 24.3 Å². The van der Waals surface area contributed by atoms with Crippen LogP contribution in [0.2, 0.25) is 0 Å². The Bertz CT molecular complexity index is 1180. The summed E-state index contributed by atoms with van der Waals surface area (Å²) in [6.07, 6.45) is 29.5. The van der Waals surface area contributed by atoms with Gasteiger partial charge in [0.1, 0.15) is 43.2 Å². The molecule has 0 spiro atoms. The number of hydrogen-bond donors (Lipinski definition) is 6. The fraction of sp³-hybridized carbons (Fsp3) is 0.875. The molecule has 62 heavy (non-hydrogen) atoms. The SMILES string of the molecule is CCCCC/C=C/CCCCCCCC(=O)OC[C@H](COP(=O)(O)OC1C(O)C(O)C(O)[C@H](O)C1O)OC(=O)CCCCCCCCCCCCC/C=C/CCCCCCCC. The van der Waals surface area contributed by atoms with Crippen LogP contribution < -0.4 is 0 Å². The molecule has 0 bridgehead atoms. The first kappa shape index (κ1) is 58.3. The number of phosphoric acid groups is 1. The molecule has 14 heteroatoms. The van der Waals surface area contributed by atoms with Crippen molar-refractivity contribution in [1.29, 1.82) is 0 Å². The van der Waals surface area contributed by atoms with Crippen LogP contribution in [0.5, 0.6) is 0 Å². The minimum absolute atomic E-state index is 0.0964. The van der Waals surface area contributed by atoms with Gasteiger partial charge in [-0.1, -0.05) is 160 Å². The third-order valence-electron chi connectivity index (χ3n) is 11.5. The molecule has 8 atom stereocenters. The number of unbranched alkanes of at least 4 members (excludes halogenated alkanes) is 25. The normalized spacial score (nSPS) is 22.0. The molecule has 0 aromatic heterocycles. The average Bonchev–Trinajstić information content (AvgIpc) is 3.25. The van der Waals surface area contributed by atoms with Crippen LogP contribution in [0.4, 0.5) is 0 Å². The average molecular weight is 905 g/mol. The predicted octanol–water partition coefficient (Wildman–Crippen LogP) is 10.0. The molecule has 0 aromatic carbocycles. The van der Waals surface area contributed by atoms with Gasteiger partial charge in [0.25, 0.3) is 0 Å². The van der Waals surface area contributed by atoms with E-state index in [0.717, 1.165) is 64.2 Å². The predicted molar refractivity (Wildman–Crippen MR) is 244 cm³/mol. The molecule has 6 N–H and O–H groups in total. The lowest BCUT2D eigenvalue weighted by Crippen LogP contribution is -2.64. The van der Waals surface area contributed by atoms with E-state index in [-0.39, 0.29) is 12.8 Å². The van der Waals surface area contributed by atoms with E-state index in [1.54, 1.807) is 0 Å². The van der Waals surface area contributed by atoms with E-state index in [4.69, 9.17) is 18.5 Å². The van der Waals surface area contributed by atoms with Crippen LogP contribution in [0, 0.1) is 0 Å². The van der Waals surface area contributed by atoms with E-state index in [9.17, 15) is 44.6 Å². The van der Waals surface area contributed by atoms with E-state index >= 15 is 0 Å². The van der Waals surface area contributed by atoms with Crippen LogP contribution in [-0.4, -0.2) is 98.3 Å². The molecule has 0 saturated heterocycles. The van der Waals surface area contributed by atoms with Gasteiger partial charge in [-0.25, -0.2) is 4.57 Å². The summed E-state index contributed by atoms with van der Waals surface area (Å²) < 4.78 is 33.6. The Labute approximate surface area is 375 Å². The minimum Gasteiger partial charge on any atom is -0.462 e. The summed E-state index contributed by atoms with van der Waals surface area (Å²) in [6.45, 7) is 3.28. The van der Waals surface area contributed by atoms with E-state index in [1.165, 1.54) is 109 Å². The number of carbonyl (C=O) groups is 2. The first-order valence-electron chi connectivity index (χ1n) is 24.6. The van der Waals surface area contributed by atoms with Crippen LogP contribution in [-0.2, 0) is 32.7 Å². The van der Waals surface area contributed by atoms with Gasteiger partial charge >= 0.3 is 19.8 Å². The maximum Gasteiger partial charge on any atom is 0.472 e. The van der Waals surface area contributed by atoms with Crippen LogP contribution >= 0.6 is 7.82 Å². The molecule has 1 fully saturated rings. The van der Waals surface area contributed by atoms with Gasteiger partial charge in [0.15, 0.2) is 6.10 Å². The first-order chi connectivity index (χ1) is 29.9. The van der Waals surface area contributed by atoms with Gasteiger partial charge in [0.2, 0.25) is 0 Å². The second-order valence-corrected chi connectivity index (χ2v) is 18.7. The summed E-state index contributed by atoms with van der Waals surface area (Å²) in [7, 11) is -5.12. The van der Waals surface area contributed by atoms with Crippen molar-refractivity contribution >= 4 is 19.8 Å². The van der Waals surface area contributed by atoms with E-state index in [1.807, 2.05) is 0 Å². The Hall–Kier alpha value is -1.67. The lowest BCUT2D eigenvalue weighted by molar-refractivity contribution is -0.220. The topological polar surface area (TPSA) is 210 Å². The zero-order chi connectivity index (χ0) is 45.7. The fourth-order valence-electron chi connectivity index (χ4n) is 7.51. The number of rotatable bonds is 41. The third kappa shape index (κ3) is 30.5. The summed E-state index contributed by atoms with van der Waals surface area (Å²) in [5, 5.41) is 50.2. The van der Waals surface area contributed by atoms with Crippen LogP contribution in [0.15, 0.2) is 24.3 Å². The quantitative estimate of drug-likeness (QED) is 0.0146. The molecule has 0 amide bonds. The highest BCUT2D eigenvalue weighted by atomic mass is 31.2. The number of ether oxygens (including phenoxy) is 2. The monoisotopic (exact) mass is 905 g/mol. The molecular weight excluding hydrogens is 815 g/mol. The first-order valence-corrected chi connectivity index (χ1v) is 26.1. The molecule has 0 aliphatic heterocycles. The molecule has 364 valence electrons. The lowest BCUT2D eigenvalue weighted by atomic mass is 9.85. The van der Waals surface area contributed by atoms with E-state index < -0.39 is 75.7 Å². The summed E-state index contributed by atoms with van der Waals surface area (Å²) in [5.74, 6) is -1.10. The van der Waals surface area contributed by atoms with E-state index in [0.29, 0.717) is 12.8 Å². The third-order valence-corrected chi connectivity index (χ3v) is 12.5.